The number of aromatic nitrogens is 1. The Bertz CT molecular complexity index is 518. The first-order valence-electron chi connectivity index (χ1n) is 6.54. The van der Waals surface area contributed by atoms with Crippen LogP contribution < -0.4 is 5.73 Å². The van der Waals surface area contributed by atoms with Crippen LogP contribution in [0, 0.1) is 0 Å². The summed E-state index contributed by atoms with van der Waals surface area (Å²) in [6.07, 6.45) is 5.57. The van der Waals surface area contributed by atoms with Gasteiger partial charge in [0.2, 0.25) is 0 Å². The van der Waals surface area contributed by atoms with Crippen LogP contribution in [-0.4, -0.2) is 4.98 Å². The number of halogens is 1. The van der Waals surface area contributed by atoms with Crippen molar-refractivity contribution >= 4 is 23.7 Å². The lowest BCUT2D eigenvalue weighted by Gasteiger charge is -2.19. The zero-order valence-corrected chi connectivity index (χ0v) is 12.5. The molecule has 0 unspecified atom stereocenters. The zero-order chi connectivity index (χ0) is 12.4. The SMILES string of the molecule is Cl.NC1(c2nc(Cc3ccccc3)cs2)CCCC1. The number of nitrogens with zero attached hydrogens (tertiary/aromatic N) is 1. The lowest BCUT2D eigenvalue weighted by Crippen LogP contribution is -2.32. The lowest BCUT2D eigenvalue weighted by atomic mass is 10.0. The van der Waals surface area contributed by atoms with E-state index in [0.29, 0.717) is 0 Å². The van der Waals surface area contributed by atoms with Crippen molar-refractivity contribution in [2.45, 2.75) is 37.6 Å². The van der Waals surface area contributed by atoms with E-state index in [1.54, 1.807) is 11.3 Å². The molecule has 1 aromatic carbocycles. The number of rotatable bonds is 3. The first-order chi connectivity index (χ1) is 8.76. The first-order valence-corrected chi connectivity index (χ1v) is 7.42. The second kappa shape index (κ2) is 6.04. The van der Waals surface area contributed by atoms with E-state index in [1.165, 1.54) is 18.4 Å². The summed E-state index contributed by atoms with van der Waals surface area (Å²) in [6.45, 7) is 0. The predicted molar refractivity (Wildman–Crippen MR) is 82.9 cm³/mol. The summed E-state index contributed by atoms with van der Waals surface area (Å²) in [6, 6.07) is 10.5. The van der Waals surface area contributed by atoms with Gasteiger partial charge in [-0.25, -0.2) is 4.98 Å². The summed E-state index contributed by atoms with van der Waals surface area (Å²) >= 11 is 1.73. The monoisotopic (exact) mass is 294 g/mol. The summed E-state index contributed by atoms with van der Waals surface area (Å²) in [4.78, 5) is 4.75. The van der Waals surface area contributed by atoms with Crippen molar-refractivity contribution in [3.05, 3.63) is 52.0 Å². The van der Waals surface area contributed by atoms with Crippen LogP contribution in [0.5, 0.6) is 0 Å². The molecule has 1 fully saturated rings. The standard InChI is InChI=1S/C15H18N2S.ClH/c16-15(8-4-5-9-15)14-17-13(11-18-14)10-12-6-2-1-3-7-12;/h1-3,6-7,11H,4-5,8-10,16H2;1H. The molecule has 3 rings (SSSR count). The second-order valence-electron chi connectivity index (χ2n) is 5.17. The fraction of sp³-hybridized carbons (Fsp3) is 0.400. The van der Waals surface area contributed by atoms with Crippen molar-refractivity contribution in [3.63, 3.8) is 0 Å². The van der Waals surface area contributed by atoms with Gasteiger partial charge < -0.3 is 5.73 Å². The zero-order valence-electron chi connectivity index (χ0n) is 10.8. The van der Waals surface area contributed by atoms with E-state index >= 15 is 0 Å². The van der Waals surface area contributed by atoms with Gasteiger partial charge in [0.1, 0.15) is 5.01 Å². The first kappa shape index (κ1) is 14.5. The molecule has 102 valence electrons. The fourth-order valence-electron chi connectivity index (χ4n) is 2.64. The van der Waals surface area contributed by atoms with Crippen molar-refractivity contribution in [2.24, 2.45) is 5.73 Å². The Hall–Kier alpha value is -0.900. The summed E-state index contributed by atoms with van der Waals surface area (Å²) in [5, 5.41) is 3.29. The fourth-order valence-corrected chi connectivity index (χ4v) is 3.63. The molecule has 0 bridgehead atoms. The highest BCUT2D eigenvalue weighted by atomic mass is 35.5. The summed E-state index contributed by atoms with van der Waals surface area (Å²) in [7, 11) is 0. The quantitative estimate of drug-likeness (QED) is 0.933. The van der Waals surface area contributed by atoms with Gasteiger partial charge in [-0.05, 0) is 18.4 Å². The minimum Gasteiger partial charge on any atom is -0.319 e. The van der Waals surface area contributed by atoms with E-state index < -0.39 is 0 Å². The predicted octanol–water partition coefficient (Wildman–Crippen LogP) is 3.88. The summed E-state index contributed by atoms with van der Waals surface area (Å²) in [5.41, 5.74) is 8.76. The van der Waals surface area contributed by atoms with Crippen molar-refractivity contribution in [2.75, 3.05) is 0 Å². The van der Waals surface area contributed by atoms with E-state index in [1.807, 2.05) is 6.07 Å². The lowest BCUT2D eigenvalue weighted by molar-refractivity contribution is 0.458. The number of hydrogen-bond donors (Lipinski definition) is 1. The topological polar surface area (TPSA) is 38.9 Å². The van der Waals surface area contributed by atoms with Crippen LogP contribution in [-0.2, 0) is 12.0 Å². The Labute approximate surface area is 124 Å². The normalized spacial score (nSPS) is 17.1. The van der Waals surface area contributed by atoms with Gasteiger partial charge in [-0.2, -0.15) is 0 Å². The second-order valence-corrected chi connectivity index (χ2v) is 6.03. The summed E-state index contributed by atoms with van der Waals surface area (Å²) in [5.74, 6) is 0. The molecule has 0 spiro atoms. The molecule has 0 radical (unpaired) electrons. The van der Waals surface area contributed by atoms with E-state index in [9.17, 15) is 0 Å². The molecule has 1 aromatic heterocycles. The molecule has 1 aliphatic rings. The average molecular weight is 295 g/mol. The minimum atomic E-state index is -0.139. The van der Waals surface area contributed by atoms with Gasteiger partial charge in [0.25, 0.3) is 0 Å². The number of thiazole rings is 1. The third-order valence-electron chi connectivity index (χ3n) is 3.70. The molecule has 0 saturated heterocycles. The molecule has 1 heterocycles. The van der Waals surface area contributed by atoms with Gasteiger partial charge in [-0.15, -0.1) is 23.7 Å². The molecule has 0 aliphatic heterocycles. The Kier molecular flexibility index (Phi) is 4.61. The third kappa shape index (κ3) is 3.16. The molecule has 0 amide bonds. The van der Waals surface area contributed by atoms with Crippen LogP contribution in [0.2, 0.25) is 0 Å². The van der Waals surface area contributed by atoms with E-state index in [2.05, 4.69) is 29.6 Å². The highest BCUT2D eigenvalue weighted by Gasteiger charge is 2.33. The van der Waals surface area contributed by atoms with Crippen LogP contribution >= 0.6 is 23.7 Å². The van der Waals surface area contributed by atoms with Crippen LogP contribution in [0.4, 0.5) is 0 Å². The number of nitrogens with two attached hydrogens (primary N) is 1. The molecule has 0 atom stereocenters. The van der Waals surface area contributed by atoms with Gasteiger partial charge in [-0.1, -0.05) is 43.2 Å². The Morgan fingerprint density at radius 2 is 1.84 bits per heavy atom. The largest absolute Gasteiger partial charge is 0.319 e. The average Bonchev–Trinajstić information content (AvgIpc) is 3.01. The molecule has 1 saturated carbocycles. The van der Waals surface area contributed by atoms with Gasteiger partial charge >= 0.3 is 0 Å². The molecular weight excluding hydrogens is 276 g/mol. The Balaban J connectivity index is 0.00000133. The highest BCUT2D eigenvalue weighted by molar-refractivity contribution is 7.09. The molecule has 2 N–H and O–H groups in total. The Morgan fingerprint density at radius 3 is 2.53 bits per heavy atom. The van der Waals surface area contributed by atoms with Crippen molar-refractivity contribution in [3.8, 4) is 0 Å². The van der Waals surface area contributed by atoms with Gasteiger partial charge in [0.15, 0.2) is 0 Å². The maximum absolute atomic E-state index is 6.44. The van der Waals surface area contributed by atoms with Gasteiger partial charge in [0.05, 0.1) is 11.2 Å². The molecule has 4 heteroatoms. The van der Waals surface area contributed by atoms with Gasteiger partial charge in [0, 0.05) is 11.8 Å². The number of benzene rings is 1. The number of hydrogen-bond acceptors (Lipinski definition) is 3. The van der Waals surface area contributed by atoms with Crippen LogP contribution in [0.25, 0.3) is 0 Å². The van der Waals surface area contributed by atoms with Crippen LogP contribution in [0.15, 0.2) is 35.7 Å². The van der Waals surface area contributed by atoms with Crippen molar-refractivity contribution in [1.82, 2.24) is 4.98 Å². The molecule has 2 nitrogen and oxygen atoms in total. The molecule has 19 heavy (non-hydrogen) atoms. The molecule has 1 aliphatic carbocycles. The third-order valence-corrected chi connectivity index (χ3v) is 4.81. The van der Waals surface area contributed by atoms with E-state index in [4.69, 9.17) is 10.7 Å². The van der Waals surface area contributed by atoms with Crippen LogP contribution in [0.3, 0.4) is 0 Å². The minimum absolute atomic E-state index is 0. The molecule has 2 aromatic rings. The Morgan fingerprint density at radius 1 is 1.16 bits per heavy atom. The van der Waals surface area contributed by atoms with Gasteiger partial charge in [-0.3, -0.25) is 0 Å². The van der Waals surface area contributed by atoms with Crippen molar-refractivity contribution < 1.29 is 0 Å². The maximum Gasteiger partial charge on any atom is 0.113 e. The van der Waals surface area contributed by atoms with Crippen molar-refractivity contribution in [1.29, 1.82) is 0 Å². The highest BCUT2D eigenvalue weighted by Crippen LogP contribution is 2.37. The maximum atomic E-state index is 6.44. The van der Waals surface area contributed by atoms with E-state index in [0.717, 1.165) is 30.0 Å². The summed E-state index contributed by atoms with van der Waals surface area (Å²) < 4.78 is 0. The van der Waals surface area contributed by atoms with Crippen LogP contribution in [0.1, 0.15) is 41.9 Å². The smallest absolute Gasteiger partial charge is 0.113 e. The molecular formula is C15H19ClN2S. The van der Waals surface area contributed by atoms with E-state index in [-0.39, 0.29) is 17.9 Å².